The average Bonchev–Trinajstić information content (AvgIpc) is 2.53. The average molecular weight is 328 g/mol. The molecule has 7 heteroatoms. The number of aromatic nitrogens is 1. The Morgan fingerprint density at radius 2 is 2.17 bits per heavy atom. The van der Waals surface area contributed by atoms with Crippen LogP contribution in [0, 0.1) is 23.0 Å². The normalized spacial score (nSPS) is 13.3. The van der Waals surface area contributed by atoms with Crippen molar-refractivity contribution in [3.05, 3.63) is 46.7 Å². The third-order valence-corrected chi connectivity index (χ3v) is 4.14. The van der Waals surface area contributed by atoms with Gasteiger partial charge in [0.1, 0.15) is 29.1 Å². The van der Waals surface area contributed by atoms with Crippen LogP contribution in [0.1, 0.15) is 23.7 Å². The molecule has 0 unspecified atom stereocenters. The Kier molecular flexibility index (Phi) is 3.89. The molecular weight excluding hydrogens is 314 g/mol. The fourth-order valence-corrected chi connectivity index (χ4v) is 2.95. The fourth-order valence-electron chi connectivity index (χ4n) is 2.95. The number of carbonyl (C=O) groups is 1. The van der Waals surface area contributed by atoms with Crippen LogP contribution in [0.3, 0.4) is 0 Å². The summed E-state index contributed by atoms with van der Waals surface area (Å²) in [5.74, 6) is -1.62. The van der Waals surface area contributed by atoms with Crippen LogP contribution in [0.25, 0.3) is 11.1 Å². The lowest BCUT2D eigenvalue weighted by atomic mass is 9.90. The van der Waals surface area contributed by atoms with Gasteiger partial charge in [-0.15, -0.1) is 0 Å². The van der Waals surface area contributed by atoms with Crippen LogP contribution >= 0.6 is 0 Å². The van der Waals surface area contributed by atoms with Crippen LogP contribution in [-0.4, -0.2) is 22.3 Å². The molecule has 24 heavy (non-hydrogen) atoms. The van der Waals surface area contributed by atoms with E-state index >= 15 is 0 Å². The summed E-state index contributed by atoms with van der Waals surface area (Å²) in [5, 5.41) is 9.44. The van der Waals surface area contributed by atoms with Crippen molar-refractivity contribution >= 4 is 11.7 Å². The number of nitriles is 1. The van der Waals surface area contributed by atoms with Crippen molar-refractivity contribution in [3.8, 4) is 17.2 Å². The minimum atomic E-state index is -0.792. The van der Waals surface area contributed by atoms with Crippen molar-refractivity contribution in [2.75, 3.05) is 12.3 Å². The number of rotatable bonds is 1. The van der Waals surface area contributed by atoms with Crippen molar-refractivity contribution in [1.29, 1.82) is 5.26 Å². The number of hydrogen-bond donors (Lipinski definition) is 1. The second kappa shape index (κ2) is 5.89. The second-order valence-electron chi connectivity index (χ2n) is 5.60. The predicted octanol–water partition coefficient (Wildman–Crippen LogP) is 2.39. The molecule has 0 saturated carbocycles. The summed E-state index contributed by atoms with van der Waals surface area (Å²) in [7, 11) is 0. The standard InChI is InChI=1S/C17H14F2N4O/c1-9(24)23-5-4-15-13(8-23)16(12(7-20)17(21)22-15)11-3-2-10(18)6-14(11)19/h2-3,6H,4-5,8H2,1H3,(H2,21,22). The zero-order chi connectivity index (χ0) is 17.4. The number of carbonyl (C=O) groups excluding carboxylic acids is 1. The van der Waals surface area contributed by atoms with E-state index in [1.165, 1.54) is 13.0 Å². The molecule has 2 aromatic rings. The molecule has 1 aliphatic heterocycles. The molecule has 122 valence electrons. The number of hydrogen-bond acceptors (Lipinski definition) is 4. The minimum Gasteiger partial charge on any atom is -0.383 e. The first-order valence-corrected chi connectivity index (χ1v) is 7.34. The maximum absolute atomic E-state index is 14.3. The molecule has 1 aromatic heterocycles. The third kappa shape index (κ3) is 2.56. The number of nitrogens with zero attached hydrogens (tertiary/aromatic N) is 3. The molecule has 0 spiro atoms. The molecule has 1 aliphatic rings. The minimum absolute atomic E-state index is 0.00579. The Morgan fingerprint density at radius 1 is 1.42 bits per heavy atom. The number of halogens is 2. The molecule has 0 saturated heterocycles. The van der Waals surface area contributed by atoms with Gasteiger partial charge in [0.2, 0.25) is 5.91 Å². The van der Waals surface area contributed by atoms with Gasteiger partial charge in [-0.05, 0) is 12.1 Å². The number of pyridine rings is 1. The molecule has 3 rings (SSSR count). The molecule has 0 aliphatic carbocycles. The van der Waals surface area contributed by atoms with E-state index < -0.39 is 11.6 Å². The maximum atomic E-state index is 14.3. The zero-order valence-electron chi connectivity index (χ0n) is 12.9. The van der Waals surface area contributed by atoms with E-state index in [0.29, 0.717) is 24.2 Å². The van der Waals surface area contributed by atoms with E-state index in [1.807, 2.05) is 6.07 Å². The molecule has 0 fully saturated rings. The lowest BCUT2D eigenvalue weighted by Crippen LogP contribution is -2.35. The summed E-state index contributed by atoms with van der Waals surface area (Å²) >= 11 is 0. The molecule has 2 heterocycles. The van der Waals surface area contributed by atoms with E-state index in [0.717, 1.165) is 12.1 Å². The summed E-state index contributed by atoms with van der Waals surface area (Å²) in [6, 6.07) is 5.09. The van der Waals surface area contributed by atoms with Gasteiger partial charge < -0.3 is 10.6 Å². The lowest BCUT2D eigenvalue weighted by Gasteiger charge is -2.29. The van der Waals surface area contributed by atoms with Gasteiger partial charge in [0.15, 0.2) is 0 Å². The van der Waals surface area contributed by atoms with Crippen molar-refractivity contribution in [2.24, 2.45) is 0 Å². The highest BCUT2D eigenvalue weighted by molar-refractivity contribution is 5.81. The lowest BCUT2D eigenvalue weighted by molar-refractivity contribution is -0.129. The van der Waals surface area contributed by atoms with Crippen molar-refractivity contribution in [2.45, 2.75) is 19.9 Å². The van der Waals surface area contributed by atoms with Gasteiger partial charge in [-0.1, -0.05) is 0 Å². The highest BCUT2D eigenvalue weighted by Gasteiger charge is 2.27. The topological polar surface area (TPSA) is 83.0 Å². The van der Waals surface area contributed by atoms with E-state index in [2.05, 4.69) is 4.98 Å². The SMILES string of the molecule is CC(=O)N1CCc2nc(N)c(C#N)c(-c3ccc(F)cc3F)c2C1. The van der Waals surface area contributed by atoms with Crippen molar-refractivity contribution in [1.82, 2.24) is 9.88 Å². The Morgan fingerprint density at radius 3 is 2.79 bits per heavy atom. The Labute approximate surface area is 137 Å². The summed E-state index contributed by atoms with van der Waals surface area (Å²) in [4.78, 5) is 17.5. The van der Waals surface area contributed by atoms with Gasteiger partial charge in [0.05, 0.1) is 5.69 Å². The molecule has 5 nitrogen and oxygen atoms in total. The van der Waals surface area contributed by atoms with Gasteiger partial charge >= 0.3 is 0 Å². The number of anilines is 1. The highest BCUT2D eigenvalue weighted by atomic mass is 19.1. The van der Waals surface area contributed by atoms with Crippen LogP contribution in [0.15, 0.2) is 18.2 Å². The van der Waals surface area contributed by atoms with E-state index in [1.54, 1.807) is 4.90 Å². The monoisotopic (exact) mass is 328 g/mol. The molecular formula is C17H14F2N4O. The quantitative estimate of drug-likeness (QED) is 0.871. The predicted molar refractivity (Wildman–Crippen MR) is 83.5 cm³/mol. The maximum Gasteiger partial charge on any atom is 0.219 e. The first-order valence-electron chi connectivity index (χ1n) is 7.34. The number of nitrogens with two attached hydrogens (primary N) is 1. The molecule has 1 aromatic carbocycles. The Bertz CT molecular complexity index is 889. The number of amides is 1. The molecule has 0 radical (unpaired) electrons. The van der Waals surface area contributed by atoms with Crippen molar-refractivity contribution in [3.63, 3.8) is 0 Å². The highest BCUT2D eigenvalue weighted by Crippen LogP contribution is 2.36. The summed E-state index contributed by atoms with van der Waals surface area (Å²) < 4.78 is 27.6. The fraction of sp³-hybridized carbons (Fsp3) is 0.235. The summed E-state index contributed by atoms with van der Waals surface area (Å²) in [5.41, 5.74) is 7.45. The number of benzene rings is 1. The number of fused-ring (bicyclic) bond motifs is 1. The van der Waals surface area contributed by atoms with Gasteiger partial charge in [-0.3, -0.25) is 4.79 Å². The molecule has 0 bridgehead atoms. The molecule has 0 atom stereocenters. The van der Waals surface area contributed by atoms with Gasteiger partial charge in [-0.25, -0.2) is 13.8 Å². The van der Waals surface area contributed by atoms with Gasteiger partial charge in [0.25, 0.3) is 0 Å². The van der Waals surface area contributed by atoms with E-state index in [4.69, 9.17) is 5.73 Å². The first kappa shape index (κ1) is 15.9. The van der Waals surface area contributed by atoms with Crippen molar-refractivity contribution < 1.29 is 13.6 Å². The zero-order valence-corrected chi connectivity index (χ0v) is 12.9. The molecule has 1 amide bonds. The van der Waals surface area contributed by atoms with Crippen LogP contribution in [0.5, 0.6) is 0 Å². The number of nitrogen functional groups attached to an aromatic ring is 1. The summed E-state index contributed by atoms with van der Waals surface area (Å²) in [6.07, 6.45) is 0.459. The van der Waals surface area contributed by atoms with E-state index in [9.17, 15) is 18.8 Å². The first-order chi connectivity index (χ1) is 11.4. The van der Waals surface area contributed by atoms with Gasteiger partial charge in [-0.2, -0.15) is 5.26 Å². The van der Waals surface area contributed by atoms with E-state index in [-0.39, 0.29) is 35.0 Å². The largest absolute Gasteiger partial charge is 0.383 e. The Balaban J connectivity index is 2.29. The smallest absolute Gasteiger partial charge is 0.219 e. The second-order valence-corrected chi connectivity index (χ2v) is 5.60. The van der Waals surface area contributed by atoms with Crippen LogP contribution in [0.2, 0.25) is 0 Å². The van der Waals surface area contributed by atoms with Crippen LogP contribution < -0.4 is 5.73 Å². The van der Waals surface area contributed by atoms with Gasteiger partial charge in [0, 0.05) is 49.2 Å². The Hall–Kier alpha value is -3.01. The van der Waals surface area contributed by atoms with Crippen LogP contribution in [-0.2, 0) is 17.8 Å². The summed E-state index contributed by atoms with van der Waals surface area (Å²) in [6.45, 7) is 2.13. The van der Waals surface area contributed by atoms with Crippen LogP contribution in [0.4, 0.5) is 14.6 Å². The molecule has 2 N–H and O–H groups in total. The third-order valence-electron chi connectivity index (χ3n) is 4.14.